The number of aromatic nitrogens is 1. The monoisotopic (exact) mass is 539 g/mol. The summed E-state index contributed by atoms with van der Waals surface area (Å²) < 4.78 is 75.4. The van der Waals surface area contributed by atoms with Crippen LogP contribution in [0.3, 0.4) is 0 Å². The van der Waals surface area contributed by atoms with Gasteiger partial charge in [-0.15, -0.1) is 0 Å². The fourth-order valence-electron chi connectivity index (χ4n) is 5.30. The van der Waals surface area contributed by atoms with E-state index in [1.165, 1.54) is 20.7 Å². The van der Waals surface area contributed by atoms with Crippen molar-refractivity contribution in [3.8, 4) is 5.75 Å². The fourth-order valence-corrected chi connectivity index (χ4v) is 9.00. The molecule has 0 radical (unpaired) electrons. The number of halogens is 1. The van der Waals surface area contributed by atoms with E-state index >= 15 is 0 Å². The zero-order valence-corrected chi connectivity index (χ0v) is 22.4. The molecular weight excluding hydrogens is 505 g/mol. The van der Waals surface area contributed by atoms with Crippen molar-refractivity contribution in [2.24, 2.45) is 0 Å². The van der Waals surface area contributed by atoms with Crippen LogP contribution in [0, 0.1) is 19.7 Å². The summed E-state index contributed by atoms with van der Waals surface area (Å²) >= 11 is 0. The highest BCUT2D eigenvalue weighted by molar-refractivity contribution is 7.89. The first-order valence-electron chi connectivity index (χ1n) is 12.4. The van der Waals surface area contributed by atoms with Gasteiger partial charge in [0.15, 0.2) is 0 Å². The van der Waals surface area contributed by atoms with E-state index in [1.54, 1.807) is 38.4 Å². The zero-order chi connectivity index (χ0) is 25.9. The van der Waals surface area contributed by atoms with Crippen LogP contribution in [0.4, 0.5) is 4.39 Å². The summed E-state index contributed by atoms with van der Waals surface area (Å²) in [5.41, 5.74) is 0.772. The molecule has 0 saturated carbocycles. The lowest BCUT2D eigenvalue weighted by Gasteiger charge is -2.31. The Labute approximate surface area is 213 Å². The van der Waals surface area contributed by atoms with Crippen molar-refractivity contribution in [1.82, 2.24) is 13.6 Å². The molecule has 11 heteroatoms. The van der Waals surface area contributed by atoms with E-state index in [4.69, 9.17) is 4.74 Å². The molecule has 198 valence electrons. The number of piperidine rings is 1. The quantitative estimate of drug-likeness (QED) is 0.483. The molecule has 0 amide bonds. The van der Waals surface area contributed by atoms with Crippen molar-refractivity contribution >= 4 is 20.0 Å². The summed E-state index contributed by atoms with van der Waals surface area (Å²) in [6.07, 6.45) is 6.79. The molecule has 2 saturated heterocycles. The number of hydrogen-bond donors (Lipinski definition) is 0. The Morgan fingerprint density at radius 1 is 1.00 bits per heavy atom. The maximum absolute atomic E-state index is 13.7. The standard InChI is InChI=1S/C25H34FN3O5S2/c1-19-17-21(26)18-20(2)25(19)36(32,33)29-13-3-5-22(29)6-4-16-35(30,31)28-14-9-24(10-15-28)34-23-7-11-27-12-8-23/h7-8,11-12,17-18,22,24H,3-6,9-10,13-16H2,1-2H3. The highest BCUT2D eigenvalue weighted by atomic mass is 32.2. The minimum absolute atomic E-state index is 0.0120. The van der Waals surface area contributed by atoms with Crippen molar-refractivity contribution in [1.29, 1.82) is 0 Å². The molecule has 1 atom stereocenters. The lowest BCUT2D eigenvalue weighted by atomic mass is 10.1. The second kappa shape index (κ2) is 11.1. The minimum Gasteiger partial charge on any atom is -0.490 e. The number of ether oxygens (including phenoxy) is 1. The van der Waals surface area contributed by atoms with Gasteiger partial charge in [0.05, 0.1) is 10.6 Å². The summed E-state index contributed by atoms with van der Waals surface area (Å²) in [7, 11) is -7.23. The third kappa shape index (κ3) is 6.07. The summed E-state index contributed by atoms with van der Waals surface area (Å²) in [5.74, 6) is 0.260. The Morgan fingerprint density at radius 2 is 1.64 bits per heavy atom. The molecule has 2 aromatic rings. The first-order valence-corrected chi connectivity index (χ1v) is 15.5. The molecule has 1 aromatic heterocycles. The van der Waals surface area contributed by atoms with E-state index < -0.39 is 25.9 Å². The highest BCUT2D eigenvalue weighted by Crippen LogP contribution is 2.32. The van der Waals surface area contributed by atoms with Crippen LogP contribution >= 0.6 is 0 Å². The lowest BCUT2D eigenvalue weighted by Crippen LogP contribution is -2.43. The van der Waals surface area contributed by atoms with Gasteiger partial charge in [-0.05, 0) is 87.8 Å². The molecule has 0 aliphatic carbocycles. The van der Waals surface area contributed by atoms with Crippen molar-refractivity contribution < 1.29 is 26.0 Å². The molecule has 0 bridgehead atoms. The molecule has 4 rings (SSSR count). The van der Waals surface area contributed by atoms with E-state index in [-0.39, 0.29) is 22.8 Å². The lowest BCUT2D eigenvalue weighted by molar-refractivity contribution is 0.135. The van der Waals surface area contributed by atoms with Crippen LogP contribution in [0.25, 0.3) is 0 Å². The highest BCUT2D eigenvalue weighted by Gasteiger charge is 2.37. The van der Waals surface area contributed by atoms with Gasteiger partial charge >= 0.3 is 0 Å². The molecule has 0 spiro atoms. The van der Waals surface area contributed by atoms with Crippen LogP contribution in [-0.2, 0) is 20.0 Å². The van der Waals surface area contributed by atoms with Crippen molar-refractivity contribution in [3.05, 3.63) is 53.6 Å². The molecule has 2 fully saturated rings. The molecule has 1 aromatic carbocycles. The third-order valence-corrected chi connectivity index (χ3v) is 11.2. The third-order valence-electron chi connectivity index (χ3n) is 7.00. The summed E-state index contributed by atoms with van der Waals surface area (Å²) in [5, 5.41) is 0. The second-order valence-corrected chi connectivity index (χ2v) is 13.6. The van der Waals surface area contributed by atoms with E-state index in [9.17, 15) is 21.2 Å². The first kappa shape index (κ1) is 27.0. The second-order valence-electron chi connectivity index (χ2n) is 9.64. The SMILES string of the molecule is Cc1cc(F)cc(C)c1S(=O)(=O)N1CCCC1CCCS(=O)(=O)N1CCC(Oc2ccncc2)CC1. The van der Waals surface area contributed by atoms with E-state index in [0.717, 1.165) is 12.2 Å². The Hall–Kier alpha value is -2.08. The van der Waals surface area contributed by atoms with E-state index in [1.807, 2.05) is 0 Å². The summed E-state index contributed by atoms with van der Waals surface area (Å²) in [6, 6.07) is 5.79. The fraction of sp³-hybridized carbons (Fsp3) is 0.560. The van der Waals surface area contributed by atoms with Gasteiger partial charge < -0.3 is 4.74 Å². The Bertz CT molecular complexity index is 1240. The summed E-state index contributed by atoms with van der Waals surface area (Å²) in [6.45, 7) is 4.41. The van der Waals surface area contributed by atoms with Gasteiger partial charge in [0.2, 0.25) is 20.0 Å². The zero-order valence-electron chi connectivity index (χ0n) is 20.8. The number of pyridine rings is 1. The Morgan fingerprint density at radius 3 is 2.28 bits per heavy atom. The molecule has 0 N–H and O–H groups in total. The van der Waals surface area contributed by atoms with Crippen LogP contribution in [0.1, 0.15) is 49.7 Å². The Balaban J connectivity index is 1.31. The number of hydrogen-bond acceptors (Lipinski definition) is 6. The number of aryl methyl sites for hydroxylation is 2. The largest absolute Gasteiger partial charge is 0.490 e. The molecule has 3 heterocycles. The average Bonchev–Trinajstić information content (AvgIpc) is 3.29. The number of rotatable bonds is 9. The molecular formula is C25H34FN3O5S2. The molecule has 8 nitrogen and oxygen atoms in total. The van der Waals surface area contributed by atoms with Gasteiger partial charge in [-0.1, -0.05) is 0 Å². The van der Waals surface area contributed by atoms with Crippen molar-refractivity contribution in [2.75, 3.05) is 25.4 Å². The van der Waals surface area contributed by atoms with Gasteiger partial charge in [-0.3, -0.25) is 4.98 Å². The topological polar surface area (TPSA) is 96.9 Å². The minimum atomic E-state index is -3.80. The van der Waals surface area contributed by atoms with Crippen LogP contribution < -0.4 is 4.74 Å². The number of benzene rings is 1. The summed E-state index contributed by atoms with van der Waals surface area (Å²) in [4.78, 5) is 4.12. The van der Waals surface area contributed by atoms with Crippen molar-refractivity contribution in [2.45, 2.75) is 69.4 Å². The van der Waals surface area contributed by atoms with Crippen LogP contribution in [-0.4, -0.2) is 68.0 Å². The molecule has 36 heavy (non-hydrogen) atoms. The maximum atomic E-state index is 13.7. The van der Waals surface area contributed by atoms with Crippen LogP contribution in [0.5, 0.6) is 5.75 Å². The smallest absolute Gasteiger partial charge is 0.243 e. The van der Waals surface area contributed by atoms with Gasteiger partial charge in [0, 0.05) is 38.1 Å². The van der Waals surface area contributed by atoms with Gasteiger partial charge in [-0.2, -0.15) is 4.31 Å². The van der Waals surface area contributed by atoms with Gasteiger partial charge in [-0.25, -0.2) is 25.5 Å². The maximum Gasteiger partial charge on any atom is 0.243 e. The van der Waals surface area contributed by atoms with Gasteiger partial charge in [0.25, 0.3) is 0 Å². The van der Waals surface area contributed by atoms with Crippen molar-refractivity contribution in [3.63, 3.8) is 0 Å². The average molecular weight is 540 g/mol. The number of nitrogens with zero attached hydrogens (tertiary/aromatic N) is 3. The first-order chi connectivity index (χ1) is 17.1. The normalized spacial score (nSPS) is 20.6. The van der Waals surface area contributed by atoms with Crippen LogP contribution in [0.2, 0.25) is 0 Å². The van der Waals surface area contributed by atoms with Gasteiger partial charge in [0.1, 0.15) is 17.7 Å². The predicted octanol–water partition coefficient (Wildman–Crippen LogP) is 3.64. The number of sulfonamides is 2. The Kier molecular flexibility index (Phi) is 8.33. The predicted molar refractivity (Wildman–Crippen MR) is 135 cm³/mol. The molecule has 2 aliphatic rings. The van der Waals surface area contributed by atoms with Crippen LogP contribution in [0.15, 0.2) is 41.6 Å². The molecule has 1 unspecified atom stereocenters. The van der Waals surface area contributed by atoms with E-state index in [0.29, 0.717) is 62.9 Å². The molecule has 2 aliphatic heterocycles. The van der Waals surface area contributed by atoms with E-state index in [2.05, 4.69) is 4.98 Å².